The number of rotatable bonds is 9. The fraction of sp³-hybridized carbons (Fsp3) is 0.588. The topological polar surface area (TPSA) is 94.0 Å². The molecule has 0 unspecified atom stereocenters. The average molecular weight is 336 g/mol. The Balaban J connectivity index is 1.61. The molecule has 134 valence electrons. The molecule has 0 atom stereocenters. The van der Waals surface area contributed by atoms with E-state index in [1.165, 1.54) is 0 Å². The molecule has 1 heterocycles. The van der Waals surface area contributed by atoms with Crippen molar-refractivity contribution in [2.24, 2.45) is 5.73 Å². The number of nitrogen functional groups attached to an aromatic ring is 1. The molecule has 1 aliphatic heterocycles. The van der Waals surface area contributed by atoms with Crippen molar-refractivity contribution in [3.63, 3.8) is 0 Å². The first-order valence-electron chi connectivity index (χ1n) is 8.43. The summed E-state index contributed by atoms with van der Waals surface area (Å²) in [6.45, 7) is 7.06. The van der Waals surface area contributed by atoms with E-state index in [0.717, 1.165) is 32.7 Å². The van der Waals surface area contributed by atoms with Crippen LogP contribution in [0.15, 0.2) is 24.3 Å². The number of carbonyl (C=O) groups excluding carboxylic acids is 1. The van der Waals surface area contributed by atoms with Crippen LogP contribution in [0.5, 0.6) is 0 Å². The minimum Gasteiger partial charge on any atom is -0.399 e. The van der Waals surface area contributed by atoms with Crippen molar-refractivity contribution in [2.45, 2.75) is 0 Å². The highest BCUT2D eigenvalue weighted by Gasteiger charge is 2.21. The van der Waals surface area contributed by atoms with E-state index in [-0.39, 0.29) is 5.91 Å². The summed E-state index contributed by atoms with van der Waals surface area (Å²) in [5.41, 5.74) is 12.4. The number of anilines is 1. The summed E-state index contributed by atoms with van der Waals surface area (Å²) in [6.07, 6.45) is 0. The molecule has 1 aliphatic rings. The number of ether oxygens (including phenoxy) is 2. The number of carbonyl (C=O) groups is 1. The van der Waals surface area contributed by atoms with Gasteiger partial charge in [-0.3, -0.25) is 9.69 Å². The molecule has 4 N–H and O–H groups in total. The van der Waals surface area contributed by atoms with Crippen molar-refractivity contribution in [1.29, 1.82) is 0 Å². The molecule has 0 bridgehead atoms. The van der Waals surface area contributed by atoms with Gasteiger partial charge in [0.25, 0.3) is 5.91 Å². The number of benzene rings is 1. The molecule has 7 heteroatoms. The van der Waals surface area contributed by atoms with Gasteiger partial charge in [0, 0.05) is 50.5 Å². The summed E-state index contributed by atoms with van der Waals surface area (Å²) in [5.74, 6) is 0.0722. The predicted molar refractivity (Wildman–Crippen MR) is 93.9 cm³/mol. The third kappa shape index (κ3) is 6.09. The Bertz CT molecular complexity index is 487. The Morgan fingerprint density at radius 1 is 0.958 bits per heavy atom. The van der Waals surface area contributed by atoms with E-state index in [9.17, 15) is 4.79 Å². The van der Waals surface area contributed by atoms with Crippen LogP contribution in [0, 0.1) is 0 Å². The molecule has 0 radical (unpaired) electrons. The van der Waals surface area contributed by atoms with E-state index in [1.807, 2.05) is 4.90 Å². The molecule has 0 saturated carbocycles. The maximum Gasteiger partial charge on any atom is 0.253 e. The lowest BCUT2D eigenvalue weighted by Gasteiger charge is -2.34. The molecule has 0 aromatic heterocycles. The minimum absolute atomic E-state index is 0.0722. The SMILES string of the molecule is NCCOCCOCCN1CCN(C(=O)c2ccc(N)cc2)CC1. The van der Waals surface area contributed by atoms with Crippen LogP contribution in [-0.4, -0.2) is 81.4 Å². The number of hydrogen-bond donors (Lipinski definition) is 2. The summed E-state index contributed by atoms with van der Waals surface area (Å²) < 4.78 is 10.8. The van der Waals surface area contributed by atoms with Crippen LogP contribution in [-0.2, 0) is 9.47 Å². The Morgan fingerprint density at radius 3 is 2.21 bits per heavy atom. The zero-order chi connectivity index (χ0) is 17.2. The van der Waals surface area contributed by atoms with Crippen molar-refractivity contribution < 1.29 is 14.3 Å². The molecule has 1 aromatic carbocycles. The standard InChI is InChI=1S/C17H28N4O3/c18-5-11-23-13-14-24-12-10-20-6-8-21(9-7-20)17(22)15-1-3-16(19)4-2-15/h1-4H,5-14,18-19H2. The summed E-state index contributed by atoms with van der Waals surface area (Å²) in [4.78, 5) is 16.6. The Labute approximate surface area is 143 Å². The second-order valence-electron chi connectivity index (χ2n) is 5.77. The van der Waals surface area contributed by atoms with Crippen LogP contribution in [0.25, 0.3) is 0 Å². The van der Waals surface area contributed by atoms with Crippen LogP contribution in [0.4, 0.5) is 5.69 Å². The number of amides is 1. The van der Waals surface area contributed by atoms with E-state index in [2.05, 4.69) is 4.90 Å². The summed E-state index contributed by atoms with van der Waals surface area (Å²) >= 11 is 0. The Kier molecular flexibility index (Phi) is 7.97. The van der Waals surface area contributed by atoms with E-state index >= 15 is 0 Å². The zero-order valence-electron chi connectivity index (χ0n) is 14.2. The normalized spacial score (nSPS) is 15.6. The molecular weight excluding hydrogens is 308 g/mol. The molecular formula is C17H28N4O3. The van der Waals surface area contributed by atoms with Crippen molar-refractivity contribution >= 4 is 11.6 Å². The van der Waals surface area contributed by atoms with E-state index in [0.29, 0.717) is 44.2 Å². The average Bonchev–Trinajstić information content (AvgIpc) is 2.61. The molecule has 24 heavy (non-hydrogen) atoms. The van der Waals surface area contributed by atoms with Crippen molar-refractivity contribution in [3.8, 4) is 0 Å². The van der Waals surface area contributed by atoms with Gasteiger partial charge in [-0.2, -0.15) is 0 Å². The molecule has 7 nitrogen and oxygen atoms in total. The molecule has 0 spiro atoms. The first kappa shape index (κ1) is 18.7. The Morgan fingerprint density at radius 2 is 1.58 bits per heavy atom. The van der Waals surface area contributed by atoms with Gasteiger partial charge in [0.2, 0.25) is 0 Å². The highest BCUT2D eigenvalue weighted by atomic mass is 16.5. The third-order valence-corrected chi connectivity index (χ3v) is 4.00. The highest BCUT2D eigenvalue weighted by Crippen LogP contribution is 2.11. The lowest BCUT2D eigenvalue weighted by Crippen LogP contribution is -2.49. The lowest BCUT2D eigenvalue weighted by atomic mass is 10.1. The van der Waals surface area contributed by atoms with Crippen molar-refractivity contribution in [3.05, 3.63) is 29.8 Å². The molecule has 1 aromatic rings. The molecule has 1 saturated heterocycles. The molecule has 2 rings (SSSR count). The van der Waals surface area contributed by atoms with Crippen LogP contribution in [0.2, 0.25) is 0 Å². The quantitative estimate of drug-likeness (QED) is 0.488. The van der Waals surface area contributed by atoms with Gasteiger partial charge in [-0.15, -0.1) is 0 Å². The van der Waals surface area contributed by atoms with E-state index in [1.54, 1.807) is 24.3 Å². The van der Waals surface area contributed by atoms with Crippen molar-refractivity contribution in [2.75, 3.05) is 71.4 Å². The number of nitrogens with two attached hydrogens (primary N) is 2. The number of piperazine rings is 1. The zero-order valence-corrected chi connectivity index (χ0v) is 14.2. The molecule has 0 aliphatic carbocycles. The highest BCUT2D eigenvalue weighted by molar-refractivity contribution is 5.94. The van der Waals surface area contributed by atoms with Gasteiger partial charge >= 0.3 is 0 Å². The van der Waals surface area contributed by atoms with E-state index in [4.69, 9.17) is 20.9 Å². The minimum atomic E-state index is 0.0722. The molecule has 1 amide bonds. The maximum absolute atomic E-state index is 12.4. The van der Waals surface area contributed by atoms with Crippen LogP contribution < -0.4 is 11.5 Å². The summed E-state index contributed by atoms with van der Waals surface area (Å²) in [7, 11) is 0. The Hall–Kier alpha value is -1.67. The third-order valence-electron chi connectivity index (χ3n) is 4.00. The van der Waals surface area contributed by atoms with Gasteiger partial charge in [-0.05, 0) is 24.3 Å². The van der Waals surface area contributed by atoms with Crippen molar-refractivity contribution in [1.82, 2.24) is 9.80 Å². The van der Waals surface area contributed by atoms with E-state index < -0.39 is 0 Å². The largest absolute Gasteiger partial charge is 0.399 e. The molecule has 1 fully saturated rings. The van der Waals surface area contributed by atoms with Crippen LogP contribution >= 0.6 is 0 Å². The smallest absolute Gasteiger partial charge is 0.253 e. The van der Waals surface area contributed by atoms with Gasteiger partial charge in [-0.1, -0.05) is 0 Å². The van der Waals surface area contributed by atoms with Gasteiger partial charge in [-0.25, -0.2) is 0 Å². The first-order valence-corrected chi connectivity index (χ1v) is 8.43. The summed E-state index contributed by atoms with van der Waals surface area (Å²) in [5, 5.41) is 0. The van der Waals surface area contributed by atoms with Gasteiger partial charge < -0.3 is 25.8 Å². The second kappa shape index (κ2) is 10.2. The fourth-order valence-electron chi connectivity index (χ4n) is 2.58. The van der Waals surface area contributed by atoms with Crippen LogP contribution in [0.1, 0.15) is 10.4 Å². The number of hydrogen-bond acceptors (Lipinski definition) is 6. The second-order valence-corrected chi connectivity index (χ2v) is 5.77. The van der Waals surface area contributed by atoms with Gasteiger partial charge in [0.15, 0.2) is 0 Å². The lowest BCUT2D eigenvalue weighted by molar-refractivity contribution is 0.0324. The predicted octanol–water partition coefficient (Wildman–Crippen LogP) is 0.0185. The fourth-order valence-corrected chi connectivity index (χ4v) is 2.58. The first-order chi connectivity index (χ1) is 11.7. The maximum atomic E-state index is 12.4. The van der Waals surface area contributed by atoms with Gasteiger partial charge in [0.1, 0.15) is 0 Å². The summed E-state index contributed by atoms with van der Waals surface area (Å²) in [6, 6.07) is 7.09. The number of nitrogens with zero attached hydrogens (tertiary/aromatic N) is 2. The van der Waals surface area contributed by atoms with Crippen LogP contribution in [0.3, 0.4) is 0 Å². The monoisotopic (exact) mass is 336 g/mol. The van der Waals surface area contributed by atoms with Gasteiger partial charge in [0.05, 0.1) is 26.4 Å².